The third-order valence-corrected chi connectivity index (χ3v) is 3.71. The van der Waals surface area contributed by atoms with Crippen molar-refractivity contribution >= 4 is 23.1 Å². The Balaban J connectivity index is 2.16. The van der Waals surface area contributed by atoms with E-state index in [1.54, 1.807) is 25.2 Å². The van der Waals surface area contributed by atoms with E-state index in [9.17, 15) is 9.90 Å². The first-order valence-corrected chi connectivity index (χ1v) is 7.23. The fourth-order valence-electron chi connectivity index (χ4n) is 1.74. The summed E-state index contributed by atoms with van der Waals surface area (Å²) < 4.78 is 0. The van der Waals surface area contributed by atoms with Crippen LogP contribution in [0.25, 0.3) is 10.4 Å². The number of hydrogen-bond donors (Lipinski definition) is 3. The maximum Gasteiger partial charge on any atom is 0.319 e. The van der Waals surface area contributed by atoms with Gasteiger partial charge < -0.3 is 15.7 Å². The molecule has 0 aliphatic heterocycles. The van der Waals surface area contributed by atoms with Crippen molar-refractivity contribution in [2.45, 2.75) is 19.4 Å². The topological polar surface area (TPSA) is 61.4 Å². The number of anilines is 1. The quantitative estimate of drug-likeness (QED) is 0.809. The molecule has 0 atom stereocenters. The van der Waals surface area contributed by atoms with Crippen LogP contribution < -0.4 is 10.6 Å². The summed E-state index contributed by atoms with van der Waals surface area (Å²) in [5, 5.41) is 16.7. The Kier molecular flexibility index (Phi) is 4.42. The van der Waals surface area contributed by atoms with Gasteiger partial charge >= 0.3 is 6.03 Å². The largest absolute Gasteiger partial charge is 0.394 e. The van der Waals surface area contributed by atoms with Crippen LogP contribution in [0.1, 0.15) is 13.8 Å². The highest BCUT2D eigenvalue weighted by atomic mass is 32.1. The van der Waals surface area contributed by atoms with Crippen LogP contribution in [-0.4, -0.2) is 23.3 Å². The molecule has 1 aromatic carbocycles. The van der Waals surface area contributed by atoms with Gasteiger partial charge in [0.2, 0.25) is 0 Å². The van der Waals surface area contributed by atoms with Gasteiger partial charge in [-0.2, -0.15) is 0 Å². The lowest BCUT2D eigenvalue weighted by atomic mass is 10.1. The number of aliphatic hydroxyl groups is 1. The average molecular weight is 290 g/mol. The molecule has 5 heteroatoms. The number of rotatable bonds is 4. The lowest BCUT2D eigenvalue weighted by Crippen LogP contribution is -2.48. The summed E-state index contributed by atoms with van der Waals surface area (Å²) in [6.45, 7) is 3.41. The summed E-state index contributed by atoms with van der Waals surface area (Å²) in [6, 6.07) is 11.3. The molecule has 20 heavy (non-hydrogen) atoms. The Morgan fingerprint density at radius 3 is 2.65 bits per heavy atom. The first-order valence-electron chi connectivity index (χ1n) is 6.35. The molecule has 1 aromatic heterocycles. The van der Waals surface area contributed by atoms with Gasteiger partial charge in [-0.3, -0.25) is 0 Å². The molecule has 0 radical (unpaired) electrons. The van der Waals surface area contributed by atoms with Crippen molar-refractivity contribution < 1.29 is 9.90 Å². The van der Waals surface area contributed by atoms with Gasteiger partial charge in [-0.1, -0.05) is 24.3 Å². The Bertz CT molecular complexity index is 579. The van der Waals surface area contributed by atoms with E-state index in [0.29, 0.717) is 0 Å². The van der Waals surface area contributed by atoms with Crippen LogP contribution in [0.5, 0.6) is 0 Å². The summed E-state index contributed by atoms with van der Waals surface area (Å²) in [4.78, 5) is 13.1. The van der Waals surface area contributed by atoms with Crippen molar-refractivity contribution in [2.24, 2.45) is 0 Å². The Hall–Kier alpha value is -1.85. The number of thiophene rings is 1. The molecule has 0 spiro atoms. The van der Waals surface area contributed by atoms with Crippen molar-refractivity contribution in [1.82, 2.24) is 5.32 Å². The first kappa shape index (κ1) is 14.6. The van der Waals surface area contributed by atoms with E-state index in [1.807, 2.05) is 41.8 Å². The predicted octanol–water partition coefficient (Wildman–Crippen LogP) is 3.31. The minimum atomic E-state index is -0.651. The number of carbonyl (C=O) groups is 1. The maximum absolute atomic E-state index is 12.0. The van der Waals surface area contributed by atoms with E-state index < -0.39 is 5.54 Å². The number of urea groups is 1. The normalized spacial score (nSPS) is 11.2. The lowest BCUT2D eigenvalue weighted by molar-refractivity contribution is 0.187. The predicted molar refractivity (Wildman–Crippen MR) is 83.1 cm³/mol. The molecule has 0 aliphatic carbocycles. The van der Waals surface area contributed by atoms with Gasteiger partial charge in [0.25, 0.3) is 0 Å². The van der Waals surface area contributed by atoms with Crippen LogP contribution in [0.2, 0.25) is 0 Å². The second-order valence-electron chi connectivity index (χ2n) is 5.14. The van der Waals surface area contributed by atoms with E-state index >= 15 is 0 Å². The molecule has 2 aromatic rings. The highest BCUT2D eigenvalue weighted by Gasteiger charge is 2.19. The van der Waals surface area contributed by atoms with Gasteiger partial charge in [0.05, 0.1) is 17.8 Å². The zero-order chi connectivity index (χ0) is 14.6. The Morgan fingerprint density at radius 2 is 2.00 bits per heavy atom. The summed E-state index contributed by atoms with van der Waals surface area (Å²) >= 11 is 1.62. The first-order chi connectivity index (χ1) is 9.52. The van der Waals surface area contributed by atoms with Crippen molar-refractivity contribution in [3.05, 3.63) is 41.8 Å². The van der Waals surface area contributed by atoms with Crippen molar-refractivity contribution in [2.75, 3.05) is 11.9 Å². The Labute approximate surface area is 122 Å². The summed E-state index contributed by atoms with van der Waals surface area (Å²) in [7, 11) is 0. The fraction of sp³-hybridized carbons (Fsp3) is 0.267. The van der Waals surface area contributed by atoms with Crippen molar-refractivity contribution in [3.63, 3.8) is 0 Å². The summed E-state index contributed by atoms with van der Waals surface area (Å²) in [5.41, 5.74) is 1.09. The molecule has 0 saturated carbocycles. The van der Waals surface area contributed by atoms with Crippen molar-refractivity contribution in [1.29, 1.82) is 0 Å². The van der Waals surface area contributed by atoms with Gasteiger partial charge in [-0.25, -0.2) is 4.79 Å². The molecular formula is C15H18N2O2S. The molecule has 0 unspecified atom stereocenters. The fourth-order valence-corrected chi connectivity index (χ4v) is 2.51. The standard InChI is InChI=1S/C15H18N2O2S/c1-15(2,10-18)17-14(19)16-12-7-4-3-6-11(12)13-8-5-9-20-13/h3-9,18H,10H2,1-2H3,(H2,16,17,19). The number of aliphatic hydroxyl groups excluding tert-OH is 1. The second-order valence-corrected chi connectivity index (χ2v) is 6.09. The van der Waals surface area contributed by atoms with Gasteiger partial charge in [0.15, 0.2) is 0 Å². The van der Waals surface area contributed by atoms with E-state index in [4.69, 9.17) is 0 Å². The molecule has 2 amide bonds. The SMILES string of the molecule is CC(C)(CO)NC(=O)Nc1ccccc1-c1cccs1. The van der Waals surface area contributed by atoms with Gasteiger partial charge in [0.1, 0.15) is 0 Å². The number of amides is 2. The molecule has 0 aliphatic rings. The summed E-state index contributed by atoms with van der Waals surface area (Å²) in [6.07, 6.45) is 0. The average Bonchev–Trinajstić information content (AvgIpc) is 2.92. The van der Waals surface area contributed by atoms with Gasteiger partial charge in [-0.05, 0) is 31.4 Å². The zero-order valence-corrected chi connectivity index (χ0v) is 12.3. The minimum absolute atomic E-state index is 0.118. The van der Waals surface area contributed by atoms with Crippen LogP contribution >= 0.6 is 11.3 Å². The minimum Gasteiger partial charge on any atom is -0.394 e. The molecule has 0 fully saturated rings. The highest BCUT2D eigenvalue weighted by Crippen LogP contribution is 2.31. The van der Waals surface area contributed by atoms with Crippen LogP contribution in [0.15, 0.2) is 41.8 Å². The molecule has 0 saturated heterocycles. The van der Waals surface area contributed by atoms with Crippen molar-refractivity contribution in [3.8, 4) is 10.4 Å². The van der Waals surface area contributed by atoms with E-state index in [1.165, 1.54) is 0 Å². The van der Waals surface area contributed by atoms with Crippen LogP contribution in [0.3, 0.4) is 0 Å². The van der Waals surface area contributed by atoms with Gasteiger partial charge in [-0.15, -0.1) is 11.3 Å². The molecule has 0 bridgehead atoms. The van der Waals surface area contributed by atoms with E-state index in [0.717, 1.165) is 16.1 Å². The third-order valence-electron chi connectivity index (χ3n) is 2.81. The van der Waals surface area contributed by atoms with Crippen LogP contribution in [-0.2, 0) is 0 Å². The van der Waals surface area contributed by atoms with E-state index in [-0.39, 0.29) is 12.6 Å². The van der Waals surface area contributed by atoms with Crippen LogP contribution in [0, 0.1) is 0 Å². The number of benzene rings is 1. The second kappa shape index (κ2) is 6.07. The molecule has 4 nitrogen and oxygen atoms in total. The number of nitrogens with one attached hydrogen (secondary N) is 2. The van der Waals surface area contributed by atoms with E-state index in [2.05, 4.69) is 10.6 Å². The Morgan fingerprint density at radius 1 is 1.25 bits per heavy atom. The molecular weight excluding hydrogens is 272 g/mol. The molecule has 2 rings (SSSR count). The number of hydrogen-bond acceptors (Lipinski definition) is 3. The molecule has 106 valence electrons. The lowest BCUT2D eigenvalue weighted by Gasteiger charge is -2.24. The smallest absolute Gasteiger partial charge is 0.319 e. The van der Waals surface area contributed by atoms with Gasteiger partial charge in [0, 0.05) is 10.4 Å². The third kappa shape index (κ3) is 3.59. The molecule has 3 N–H and O–H groups in total. The molecule has 1 heterocycles. The summed E-state index contributed by atoms with van der Waals surface area (Å²) in [5.74, 6) is 0. The monoisotopic (exact) mass is 290 g/mol. The van der Waals surface area contributed by atoms with Crippen LogP contribution in [0.4, 0.5) is 10.5 Å². The number of carbonyl (C=O) groups excluding carboxylic acids is 1. The maximum atomic E-state index is 12.0. The zero-order valence-electron chi connectivity index (χ0n) is 11.5. The number of para-hydroxylation sites is 1. The highest BCUT2D eigenvalue weighted by molar-refractivity contribution is 7.13.